The van der Waals surface area contributed by atoms with Crippen molar-refractivity contribution in [2.75, 3.05) is 0 Å². The van der Waals surface area contributed by atoms with E-state index in [0.29, 0.717) is 105 Å². The van der Waals surface area contributed by atoms with Gasteiger partial charge in [-0.2, -0.15) is 4.37 Å². The number of aromatic nitrogens is 3. The SMILES string of the molecule is O=C1CCC(OCc2c(-c3c(Cl)cccc3Cl)noc2C2CC2)CC1.OCc1nsc2ccc(C3(O)CCC(OCc4c(-c5c(Cl)cccc5Cl)noc4C4CC4)CC3)cc12. The van der Waals surface area contributed by atoms with Crippen molar-refractivity contribution in [2.45, 2.75) is 127 Å². The van der Waals surface area contributed by atoms with Crippen molar-refractivity contribution in [1.82, 2.24) is 14.7 Å². The second-order valence-electron chi connectivity index (χ2n) is 16.6. The molecule has 0 saturated heterocycles. The molecule has 61 heavy (non-hydrogen) atoms. The third kappa shape index (κ3) is 9.33. The Bertz CT molecular complexity index is 2490. The summed E-state index contributed by atoms with van der Waals surface area (Å²) in [6.45, 7) is 0.664. The summed E-state index contributed by atoms with van der Waals surface area (Å²) in [4.78, 5) is 11.4. The van der Waals surface area contributed by atoms with Crippen molar-refractivity contribution in [3.05, 3.63) is 109 Å². The summed E-state index contributed by atoms with van der Waals surface area (Å²) in [5, 5.41) is 32.7. The number of aliphatic hydroxyl groups excluding tert-OH is 1. The van der Waals surface area contributed by atoms with E-state index in [-0.39, 0.29) is 18.8 Å². The molecule has 3 aromatic heterocycles. The maximum Gasteiger partial charge on any atom is 0.145 e. The molecule has 15 heteroatoms. The highest BCUT2D eigenvalue weighted by atomic mass is 35.5. The van der Waals surface area contributed by atoms with Crippen molar-refractivity contribution < 1.29 is 33.5 Å². The number of nitrogens with zero attached hydrogens (tertiary/aromatic N) is 3. The van der Waals surface area contributed by atoms with E-state index in [9.17, 15) is 15.0 Å². The van der Waals surface area contributed by atoms with Crippen molar-refractivity contribution in [3.63, 3.8) is 0 Å². The number of halogens is 4. The second kappa shape index (κ2) is 18.4. The molecule has 2 N–H and O–H groups in total. The molecule has 0 aliphatic heterocycles. The Morgan fingerprint density at radius 2 is 1.20 bits per heavy atom. The Hall–Kier alpha value is -3.36. The number of aliphatic hydroxyl groups is 2. The molecule has 0 spiro atoms. The fourth-order valence-corrected chi connectivity index (χ4v) is 10.4. The lowest BCUT2D eigenvalue weighted by atomic mass is 9.78. The molecule has 4 fully saturated rings. The molecule has 4 saturated carbocycles. The van der Waals surface area contributed by atoms with Crippen LogP contribution >= 0.6 is 57.9 Å². The minimum Gasteiger partial charge on any atom is -0.390 e. The summed E-state index contributed by atoms with van der Waals surface area (Å²) in [6, 6.07) is 16.7. The minimum absolute atomic E-state index is 0.0151. The van der Waals surface area contributed by atoms with Gasteiger partial charge in [0, 0.05) is 52.3 Å². The number of rotatable bonds is 12. The molecular formula is C46H45Cl4N3O7S. The molecule has 6 aromatic rings. The Labute approximate surface area is 377 Å². The van der Waals surface area contributed by atoms with Crippen LogP contribution in [0.1, 0.15) is 123 Å². The zero-order chi connectivity index (χ0) is 42.3. The molecule has 3 aromatic carbocycles. The van der Waals surface area contributed by atoms with Gasteiger partial charge in [0.1, 0.15) is 28.7 Å². The van der Waals surface area contributed by atoms with Gasteiger partial charge in [0.25, 0.3) is 0 Å². The van der Waals surface area contributed by atoms with E-state index < -0.39 is 5.60 Å². The second-order valence-corrected chi connectivity index (χ2v) is 19.0. The third-order valence-electron chi connectivity index (χ3n) is 12.3. The van der Waals surface area contributed by atoms with Crippen LogP contribution in [0.3, 0.4) is 0 Å². The van der Waals surface area contributed by atoms with E-state index in [1.165, 1.54) is 11.5 Å². The average molecular weight is 926 g/mol. The third-order valence-corrected chi connectivity index (χ3v) is 14.5. The van der Waals surface area contributed by atoms with E-state index in [1.54, 1.807) is 24.3 Å². The first-order valence-corrected chi connectivity index (χ1v) is 23.2. The van der Waals surface area contributed by atoms with E-state index in [4.69, 9.17) is 64.9 Å². The van der Waals surface area contributed by atoms with Crippen molar-refractivity contribution in [1.29, 1.82) is 0 Å². The van der Waals surface area contributed by atoms with E-state index >= 15 is 0 Å². The number of hydrogen-bond donors (Lipinski definition) is 2. The summed E-state index contributed by atoms with van der Waals surface area (Å²) in [7, 11) is 0. The maximum absolute atomic E-state index is 11.5. The number of ether oxygens (including phenoxy) is 2. The molecule has 10 nitrogen and oxygen atoms in total. The van der Waals surface area contributed by atoms with Gasteiger partial charge in [-0.25, -0.2) is 0 Å². The Balaban J connectivity index is 0.000000167. The lowest BCUT2D eigenvalue weighted by Crippen LogP contribution is -2.34. The predicted octanol–water partition coefficient (Wildman–Crippen LogP) is 12.5. The fraction of sp³-hybridized carbons (Fsp3) is 0.435. The number of carbonyl (C=O) groups excluding carboxylic acids is 1. The highest BCUT2D eigenvalue weighted by molar-refractivity contribution is 7.13. The van der Waals surface area contributed by atoms with Crippen LogP contribution in [0, 0.1) is 0 Å². The molecule has 320 valence electrons. The summed E-state index contributed by atoms with van der Waals surface area (Å²) >= 11 is 27.0. The molecule has 0 atom stereocenters. The molecule has 0 amide bonds. The molecule has 4 aliphatic carbocycles. The van der Waals surface area contributed by atoms with Crippen LogP contribution < -0.4 is 0 Å². The Morgan fingerprint density at radius 3 is 1.67 bits per heavy atom. The van der Waals surface area contributed by atoms with Crippen LogP contribution in [0.4, 0.5) is 0 Å². The molecule has 0 bridgehead atoms. The Morgan fingerprint density at radius 1 is 0.705 bits per heavy atom. The molecular weight excluding hydrogens is 880 g/mol. The van der Waals surface area contributed by atoms with E-state index in [1.807, 2.05) is 30.3 Å². The highest BCUT2D eigenvalue weighted by Gasteiger charge is 2.38. The first-order valence-electron chi connectivity index (χ1n) is 20.9. The fourth-order valence-electron chi connectivity index (χ4n) is 8.50. The predicted molar refractivity (Wildman–Crippen MR) is 236 cm³/mol. The van der Waals surface area contributed by atoms with Crippen LogP contribution in [0.25, 0.3) is 32.6 Å². The van der Waals surface area contributed by atoms with Crippen molar-refractivity contribution >= 4 is 73.8 Å². The first kappa shape index (κ1) is 42.9. The summed E-state index contributed by atoms with van der Waals surface area (Å²) in [6.07, 6.45) is 9.92. The van der Waals surface area contributed by atoms with Crippen LogP contribution in [-0.4, -0.2) is 42.9 Å². The molecule has 0 radical (unpaired) electrons. The Kier molecular flexibility index (Phi) is 12.9. The summed E-state index contributed by atoms with van der Waals surface area (Å²) < 4.78 is 29.2. The van der Waals surface area contributed by atoms with Gasteiger partial charge in [-0.1, -0.05) is 74.9 Å². The van der Waals surface area contributed by atoms with Gasteiger partial charge in [-0.15, -0.1) is 0 Å². The number of carbonyl (C=O) groups is 1. The summed E-state index contributed by atoms with van der Waals surface area (Å²) in [5.74, 6) is 2.86. The first-order chi connectivity index (χ1) is 29.6. The van der Waals surface area contributed by atoms with Crippen LogP contribution in [0.5, 0.6) is 0 Å². The van der Waals surface area contributed by atoms with Gasteiger partial charge in [0.05, 0.1) is 68.1 Å². The van der Waals surface area contributed by atoms with Gasteiger partial charge < -0.3 is 28.7 Å². The molecule has 0 unspecified atom stereocenters. The largest absolute Gasteiger partial charge is 0.390 e. The van der Waals surface area contributed by atoms with Gasteiger partial charge in [0.2, 0.25) is 0 Å². The van der Waals surface area contributed by atoms with Gasteiger partial charge in [-0.3, -0.25) is 4.79 Å². The van der Waals surface area contributed by atoms with Gasteiger partial charge in [-0.05, 0) is 118 Å². The average Bonchev–Trinajstić information content (AvgIpc) is 4.17. The molecule has 10 rings (SSSR count). The topological polar surface area (TPSA) is 141 Å². The van der Waals surface area contributed by atoms with Crippen LogP contribution in [0.15, 0.2) is 63.6 Å². The number of fused-ring (bicyclic) bond motifs is 1. The number of Topliss-reactive ketones (excluding diaryl/α,β-unsaturated/α-hetero) is 1. The monoisotopic (exact) mass is 923 g/mol. The molecule has 3 heterocycles. The van der Waals surface area contributed by atoms with Gasteiger partial charge >= 0.3 is 0 Å². The minimum atomic E-state index is -0.921. The van der Waals surface area contributed by atoms with E-state index in [0.717, 1.165) is 89.7 Å². The normalized spacial score (nSPS) is 20.9. The van der Waals surface area contributed by atoms with Gasteiger partial charge in [0.15, 0.2) is 0 Å². The number of ketones is 1. The zero-order valence-electron chi connectivity index (χ0n) is 33.3. The van der Waals surface area contributed by atoms with Crippen LogP contribution in [0.2, 0.25) is 20.1 Å². The lowest BCUT2D eigenvalue weighted by molar-refractivity contribution is -0.123. The number of hydrogen-bond acceptors (Lipinski definition) is 11. The quantitative estimate of drug-likeness (QED) is 0.122. The number of benzene rings is 3. The van der Waals surface area contributed by atoms with Crippen LogP contribution in [-0.2, 0) is 39.7 Å². The highest BCUT2D eigenvalue weighted by Crippen LogP contribution is 2.48. The summed E-state index contributed by atoms with van der Waals surface area (Å²) in [5.41, 5.74) is 5.15. The smallest absolute Gasteiger partial charge is 0.145 e. The molecule has 4 aliphatic rings. The van der Waals surface area contributed by atoms with Crippen molar-refractivity contribution in [2.24, 2.45) is 0 Å². The zero-order valence-corrected chi connectivity index (χ0v) is 37.1. The van der Waals surface area contributed by atoms with Crippen molar-refractivity contribution in [3.8, 4) is 22.5 Å². The lowest BCUT2D eigenvalue weighted by Gasteiger charge is -2.36. The van der Waals surface area contributed by atoms with E-state index in [2.05, 4.69) is 14.7 Å². The standard InChI is InChI=1S/C27H26Cl2N2O4S.C19H19Cl2NO3/c28-20-2-1-3-21(29)24(20)25-19(26(35-30-25)15-4-5-15)14-34-17-8-10-27(33,11-9-17)16-6-7-23-18(12-16)22(13-32)31-36-23;20-15-2-1-3-16(21)17(15)18-14(19(25-22-18)11-4-5-11)10-24-13-8-6-12(23)7-9-13/h1-3,6-7,12,15,17,32-33H,4-5,8-11,13-14H2;1-3,11,13H,4-10H2. The maximum atomic E-state index is 11.5.